The minimum Gasteiger partial charge on any atom is -0.409 e. The van der Waals surface area contributed by atoms with E-state index in [-0.39, 0.29) is 13.6 Å². The number of oxime groups is 1. The number of aliphatic imine (C=N–C) groups is 2. The minimum absolute atomic E-state index is 0. The lowest BCUT2D eigenvalue weighted by atomic mass is 10.00. The summed E-state index contributed by atoms with van der Waals surface area (Å²) in [5.74, 6) is 1.25. The predicted octanol–water partition coefficient (Wildman–Crippen LogP) is 3.25. The molecule has 2 aliphatic heterocycles. The zero-order valence-electron chi connectivity index (χ0n) is 19.9. The second-order valence-electron chi connectivity index (χ2n) is 7.99. The van der Waals surface area contributed by atoms with Gasteiger partial charge in [0.25, 0.3) is 0 Å². The Morgan fingerprint density at radius 2 is 1.58 bits per heavy atom. The molecule has 0 spiro atoms. The summed E-state index contributed by atoms with van der Waals surface area (Å²) in [6.07, 6.45) is 1.29. The van der Waals surface area contributed by atoms with Crippen molar-refractivity contribution in [2.75, 3.05) is 0 Å². The number of amidine groups is 3. The second-order valence-corrected chi connectivity index (χ2v) is 7.99. The first-order valence-electron chi connectivity index (χ1n) is 11.3. The van der Waals surface area contributed by atoms with E-state index in [1.165, 1.54) is 0 Å². The van der Waals surface area contributed by atoms with Crippen LogP contribution in [0.4, 0.5) is 0 Å². The average molecular weight is 511 g/mol. The van der Waals surface area contributed by atoms with Crippen LogP contribution in [0, 0.1) is 22.7 Å². The maximum absolute atomic E-state index is 8.72. The maximum atomic E-state index is 8.72. The molecule has 0 aliphatic carbocycles. The lowest BCUT2D eigenvalue weighted by molar-refractivity contribution is 0.128. The van der Waals surface area contributed by atoms with Gasteiger partial charge in [-0.25, -0.2) is 9.98 Å². The monoisotopic (exact) mass is 510 g/mol. The van der Waals surface area contributed by atoms with E-state index in [9.17, 15) is 0 Å². The van der Waals surface area contributed by atoms with Gasteiger partial charge in [0.15, 0.2) is 5.84 Å². The van der Waals surface area contributed by atoms with Gasteiger partial charge in [-0.3, -0.25) is 0 Å². The van der Waals surface area contributed by atoms with Crippen LogP contribution in [-0.2, 0) is 19.3 Å². The highest BCUT2D eigenvalue weighted by molar-refractivity contribution is 6.10. The molecule has 194 valence electrons. The SMILES string of the molecule is C.N#CCc1ccccc1C#N.NC1=N/C(=N\O)c2ccccc2C1.NC1=NC(NO)Cc2ccccc21. The summed E-state index contributed by atoms with van der Waals surface area (Å²) >= 11 is 0. The smallest absolute Gasteiger partial charge is 0.200 e. The molecule has 0 bridgehead atoms. The average Bonchev–Trinajstić information content (AvgIpc) is 2.93. The number of hydrogen-bond acceptors (Lipinski definition) is 9. The number of fused-ring (bicyclic) bond motifs is 2. The molecule has 0 amide bonds. The quantitative estimate of drug-likeness (QED) is 0.258. The lowest BCUT2D eigenvalue weighted by Gasteiger charge is -2.19. The van der Waals surface area contributed by atoms with E-state index in [0.717, 1.165) is 27.8 Å². The van der Waals surface area contributed by atoms with Crippen molar-refractivity contribution in [3.8, 4) is 12.1 Å². The largest absolute Gasteiger partial charge is 0.409 e. The Bertz CT molecular complexity index is 1420. The lowest BCUT2D eigenvalue weighted by Crippen LogP contribution is -2.34. The van der Waals surface area contributed by atoms with Gasteiger partial charge in [-0.1, -0.05) is 79.3 Å². The molecular weight excluding hydrogens is 480 g/mol. The van der Waals surface area contributed by atoms with E-state index < -0.39 is 0 Å². The van der Waals surface area contributed by atoms with Crippen LogP contribution in [-0.4, -0.2) is 34.1 Å². The molecule has 3 aromatic carbocycles. The van der Waals surface area contributed by atoms with Gasteiger partial charge >= 0.3 is 0 Å². The van der Waals surface area contributed by atoms with Crippen LogP contribution in [0.5, 0.6) is 0 Å². The van der Waals surface area contributed by atoms with Gasteiger partial charge in [0, 0.05) is 24.0 Å². The summed E-state index contributed by atoms with van der Waals surface area (Å²) in [4.78, 5) is 8.01. The van der Waals surface area contributed by atoms with Crippen LogP contribution in [0.2, 0.25) is 0 Å². The van der Waals surface area contributed by atoms with E-state index in [2.05, 4.69) is 20.6 Å². The summed E-state index contributed by atoms with van der Waals surface area (Å²) in [7, 11) is 0. The molecule has 0 aromatic heterocycles. The van der Waals surface area contributed by atoms with Crippen LogP contribution in [0.1, 0.15) is 40.8 Å². The minimum atomic E-state index is -0.310. The molecule has 0 radical (unpaired) electrons. The Morgan fingerprint density at radius 3 is 2.24 bits per heavy atom. The molecule has 0 fully saturated rings. The summed E-state index contributed by atoms with van der Waals surface area (Å²) < 4.78 is 0. The van der Waals surface area contributed by atoms with Crippen molar-refractivity contribution < 1.29 is 10.4 Å². The molecule has 5 rings (SSSR count). The van der Waals surface area contributed by atoms with Crippen molar-refractivity contribution in [2.45, 2.75) is 32.9 Å². The fourth-order valence-electron chi connectivity index (χ4n) is 3.78. The Labute approximate surface area is 221 Å². The van der Waals surface area contributed by atoms with Gasteiger partial charge in [-0.05, 0) is 22.8 Å². The van der Waals surface area contributed by atoms with Gasteiger partial charge in [-0.15, -0.1) is 0 Å². The third-order valence-electron chi connectivity index (χ3n) is 5.53. The normalized spacial score (nSPS) is 15.7. The molecule has 10 heteroatoms. The van der Waals surface area contributed by atoms with E-state index in [1.54, 1.807) is 18.2 Å². The third kappa shape index (κ3) is 7.48. The summed E-state index contributed by atoms with van der Waals surface area (Å²) in [6, 6.07) is 26.6. The van der Waals surface area contributed by atoms with Crippen LogP contribution in [0.25, 0.3) is 0 Å². The predicted molar refractivity (Wildman–Crippen MR) is 147 cm³/mol. The molecule has 0 saturated carbocycles. The first-order valence-corrected chi connectivity index (χ1v) is 11.3. The Hall–Kier alpha value is -5.03. The Kier molecular flexibility index (Phi) is 11.2. The topological polar surface area (TPSA) is 189 Å². The zero-order chi connectivity index (χ0) is 26.6. The van der Waals surface area contributed by atoms with Crippen LogP contribution in [0.3, 0.4) is 0 Å². The molecule has 7 N–H and O–H groups in total. The molecule has 0 saturated heterocycles. The number of benzene rings is 3. The molecule has 1 unspecified atom stereocenters. The Balaban J connectivity index is 0.000000199. The van der Waals surface area contributed by atoms with Crippen molar-refractivity contribution >= 4 is 17.5 Å². The van der Waals surface area contributed by atoms with Gasteiger partial charge < -0.3 is 21.9 Å². The van der Waals surface area contributed by atoms with E-state index in [1.807, 2.05) is 66.7 Å². The zero-order valence-corrected chi connectivity index (χ0v) is 19.9. The summed E-state index contributed by atoms with van der Waals surface area (Å²) in [5, 5.41) is 37.5. The van der Waals surface area contributed by atoms with E-state index >= 15 is 0 Å². The highest BCUT2D eigenvalue weighted by atomic mass is 16.5. The number of hydrogen-bond donors (Lipinski definition) is 5. The molecule has 10 nitrogen and oxygen atoms in total. The van der Waals surface area contributed by atoms with Crippen LogP contribution < -0.4 is 16.9 Å². The molecule has 2 heterocycles. The van der Waals surface area contributed by atoms with Crippen LogP contribution >= 0.6 is 0 Å². The Morgan fingerprint density at radius 1 is 0.947 bits per heavy atom. The van der Waals surface area contributed by atoms with Crippen molar-refractivity contribution in [3.63, 3.8) is 0 Å². The first kappa shape index (κ1) is 29.2. The molecule has 38 heavy (non-hydrogen) atoms. The number of nitriles is 2. The standard InChI is InChI=1S/C9H11N3O.C9H9N3O.C9H6N2.CH4/c10-9-7-4-2-1-3-6(7)5-8(11-9)12-13;10-8-5-6-3-1-2-4-7(6)9(11-8)12-13;10-6-5-8-3-1-2-4-9(8)7-11;/h1-4,8,12-13H,5H2,(H2,10,11);1-4,13H,5H2,(H2,10,11,12);1-4H,5H2;1H4. The van der Waals surface area contributed by atoms with Crippen LogP contribution in [0.15, 0.2) is 87.9 Å². The number of nitrogens with two attached hydrogens (primary N) is 2. The van der Waals surface area contributed by atoms with Gasteiger partial charge in [-0.2, -0.15) is 16.0 Å². The fraction of sp³-hybridized carbons (Fsp3) is 0.179. The second kappa shape index (κ2) is 14.5. The van der Waals surface area contributed by atoms with Gasteiger partial charge in [0.2, 0.25) is 0 Å². The van der Waals surface area contributed by atoms with Crippen molar-refractivity contribution in [2.24, 2.45) is 26.6 Å². The maximum Gasteiger partial charge on any atom is 0.200 e. The molecule has 3 aromatic rings. The molecule has 1 atom stereocenters. The van der Waals surface area contributed by atoms with Gasteiger partial charge in [0.1, 0.15) is 17.8 Å². The van der Waals surface area contributed by atoms with Gasteiger partial charge in [0.05, 0.1) is 24.1 Å². The third-order valence-corrected chi connectivity index (χ3v) is 5.53. The number of hydroxylamine groups is 1. The highest BCUT2D eigenvalue weighted by Crippen LogP contribution is 2.17. The van der Waals surface area contributed by atoms with E-state index in [4.69, 9.17) is 32.4 Å². The summed E-state index contributed by atoms with van der Waals surface area (Å²) in [5.41, 5.74) is 18.8. The van der Waals surface area contributed by atoms with Crippen molar-refractivity contribution in [1.29, 1.82) is 10.5 Å². The number of nitrogens with one attached hydrogen (secondary N) is 1. The van der Waals surface area contributed by atoms with E-state index in [0.29, 0.717) is 42.3 Å². The molecular formula is C28H30N8O2. The highest BCUT2D eigenvalue weighted by Gasteiger charge is 2.17. The fourth-order valence-corrected chi connectivity index (χ4v) is 3.78. The van der Waals surface area contributed by atoms with Crippen molar-refractivity contribution in [3.05, 3.63) is 106 Å². The first-order chi connectivity index (χ1) is 18.0. The molecule has 2 aliphatic rings. The number of nitrogens with zero attached hydrogens (tertiary/aromatic N) is 5. The van der Waals surface area contributed by atoms with Crippen molar-refractivity contribution in [1.82, 2.24) is 5.48 Å². The number of rotatable bonds is 2. The summed E-state index contributed by atoms with van der Waals surface area (Å²) in [6.45, 7) is 0.